The van der Waals surface area contributed by atoms with Crippen LogP contribution in [0.25, 0.3) is 0 Å². The van der Waals surface area contributed by atoms with Crippen molar-refractivity contribution >= 4 is 11.7 Å². The molecule has 0 aliphatic rings. The Morgan fingerprint density at radius 2 is 1.68 bits per heavy atom. The van der Waals surface area contributed by atoms with E-state index in [1.165, 1.54) is 5.56 Å². The lowest BCUT2D eigenvalue weighted by Gasteiger charge is -2.09. The van der Waals surface area contributed by atoms with E-state index in [0.717, 1.165) is 11.3 Å². The van der Waals surface area contributed by atoms with Crippen molar-refractivity contribution in [1.29, 1.82) is 0 Å². The quantitative estimate of drug-likeness (QED) is 0.822. The van der Waals surface area contributed by atoms with Crippen molar-refractivity contribution in [2.45, 2.75) is 40.5 Å². The third-order valence-corrected chi connectivity index (χ3v) is 3.18. The zero-order chi connectivity index (χ0) is 14.4. The number of carbonyl (C=O) groups excluding carboxylic acids is 1. The molecule has 0 spiro atoms. The van der Waals surface area contributed by atoms with E-state index in [9.17, 15) is 4.79 Å². The highest BCUT2D eigenvalue weighted by atomic mass is 16.2. The first-order chi connectivity index (χ1) is 8.90. The molecule has 1 rings (SSSR count). The summed E-state index contributed by atoms with van der Waals surface area (Å²) in [5.41, 5.74) is 3.21. The van der Waals surface area contributed by atoms with Gasteiger partial charge in [-0.2, -0.15) is 0 Å². The summed E-state index contributed by atoms with van der Waals surface area (Å²) in [4.78, 5) is 11.7. The van der Waals surface area contributed by atoms with Crippen molar-refractivity contribution in [3.05, 3.63) is 41.6 Å². The average Bonchev–Trinajstić information content (AvgIpc) is 2.36. The summed E-state index contributed by atoms with van der Waals surface area (Å²) < 4.78 is 0. The third-order valence-electron chi connectivity index (χ3n) is 3.18. The number of anilines is 1. The van der Waals surface area contributed by atoms with Crippen LogP contribution in [-0.4, -0.2) is 6.03 Å². The summed E-state index contributed by atoms with van der Waals surface area (Å²) in [6.07, 6.45) is 1.75. The van der Waals surface area contributed by atoms with E-state index in [-0.39, 0.29) is 6.03 Å². The van der Waals surface area contributed by atoms with Gasteiger partial charge in [0.1, 0.15) is 0 Å². The van der Waals surface area contributed by atoms with E-state index < -0.39 is 0 Å². The predicted octanol–water partition coefficient (Wildman–Crippen LogP) is 4.49. The lowest BCUT2D eigenvalue weighted by molar-refractivity contribution is 0.255. The Bertz CT molecular complexity index is 444. The number of hydrogen-bond donors (Lipinski definition) is 2. The fourth-order valence-electron chi connectivity index (χ4n) is 1.46. The van der Waals surface area contributed by atoms with Crippen LogP contribution in [0, 0.1) is 5.92 Å². The zero-order valence-electron chi connectivity index (χ0n) is 12.4. The summed E-state index contributed by atoms with van der Waals surface area (Å²) >= 11 is 0. The molecule has 0 atom stereocenters. The number of amides is 2. The summed E-state index contributed by atoms with van der Waals surface area (Å²) in [6, 6.07) is 7.71. The number of allylic oxidation sites excluding steroid dienone is 1. The average molecular weight is 260 g/mol. The number of carbonyl (C=O) groups is 1. The summed E-state index contributed by atoms with van der Waals surface area (Å²) in [6.45, 7) is 10.5. The van der Waals surface area contributed by atoms with Gasteiger partial charge >= 0.3 is 6.03 Å². The number of hydrogen-bond acceptors (Lipinski definition) is 1. The van der Waals surface area contributed by atoms with E-state index >= 15 is 0 Å². The number of benzene rings is 1. The van der Waals surface area contributed by atoms with Gasteiger partial charge < -0.3 is 10.6 Å². The second-order valence-electron chi connectivity index (χ2n) is 5.42. The molecule has 0 fully saturated rings. The molecule has 1 aromatic rings. The topological polar surface area (TPSA) is 41.1 Å². The van der Waals surface area contributed by atoms with Crippen LogP contribution in [0.3, 0.4) is 0 Å². The molecule has 19 heavy (non-hydrogen) atoms. The van der Waals surface area contributed by atoms with Crippen LogP contribution in [0.5, 0.6) is 0 Å². The first-order valence-electron chi connectivity index (χ1n) is 6.74. The Hall–Kier alpha value is -1.77. The van der Waals surface area contributed by atoms with Gasteiger partial charge in [0.2, 0.25) is 0 Å². The van der Waals surface area contributed by atoms with Crippen LogP contribution in [-0.2, 0) is 0 Å². The van der Waals surface area contributed by atoms with Gasteiger partial charge in [-0.15, -0.1) is 0 Å². The second-order valence-corrected chi connectivity index (χ2v) is 5.42. The van der Waals surface area contributed by atoms with E-state index in [2.05, 4.69) is 38.3 Å². The second kappa shape index (κ2) is 6.98. The summed E-state index contributed by atoms with van der Waals surface area (Å²) in [5.74, 6) is 0.935. The maximum absolute atomic E-state index is 11.7. The van der Waals surface area contributed by atoms with Crippen molar-refractivity contribution in [3.63, 3.8) is 0 Å². The molecule has 0 aliphatic carbocycles. The molecule has 0 unspecified atom stereocenters. The minimum Gasteiger partial charge on any atom is -0.314 e. The molecular weight excluding hydrogens is 236 g/mol. The third kappa shape index (κ3) is 5.16. The van der Waals surface area contributed by atoms with Gasteiger partial charge in [-0.05, 0) is 36.5 Å². The molecule has 3 nitrogen and oxygen atoms in total. The highest BCUT2D eigenvalue weighted by Gasteiger charge is 2.02. The van der Waals surface area contributed by atoms with Crippen LogP contribution in [0.4, 0.5) is 10.5 Å². The minimum atomic E-state index is -0.211. The number of nitrogens with one attached hydrogen (secondary N) is 2. The van der Waals surface area contributed by atoms with Crippen molar-refractivity contribution in [2.75, 3.05) is 5.32 Å². The SMILES string of the molecule is C/C(=C\NC(=O)Nc1ccc(C(C)C)cc1)C(C)C. The van der Waals surface area contributed by atoms with Gasteiger partial charge in [0, 0.05) is 11.9 Å². The van der Waals surface area contributed by atoms with E-state index in [4.69, 9.17) is 0 Å². The lowest BCUT2D eigenvalue weighted by atomic mass is 10.0. The van der Waals surface area contributed by atoms with Gasteiger partial charge in [0.15, 0.2) is 0 Å². The van der Waals surface area contributed by atoms with Gasteiger partial charge in [-0.25, -0.2) is 4.79 Å². The molecule has 2 amide bonds. The fourth-order valence-corrected chi connectivity index (χ4v) is 1.46. The van der Waals surface area contributed by atoms with Crippen LogP contribution in [0.1, 0.15) is 46.1 Å². The Kier molecular flexibility index (Phi) is 5.61. The van der Waals surface area contributed by atoms with Crippen molar-refractivity contribution < 1.29 is 4.79 Å². The Morgan fingerprint density at radius 3 is 2.16 bits per heavy atom. The maximum Gasteiger partial charge on any atom is 0.323 e. The fraction of sp³-hybridized carbons (Fsp3) is 0.438. The highest BCUT2D eigenvalue weighted by molar-refractivity contribution is 5.89. The van der Waals surface area contributed by atoms with Crippen molar-refractivity contribution in [2.24, 2.45) is 5.92 Å². The molecule has 0 aliphatic heterocycles. The van der Waals surface area contributed by atoms with Gasteiger partial charge in [-0.1, -0.05) is 45.4 Å². The van der Waals surface area contributed by atoms with Crippen molar-refractivity contribution in [1.82, 2.24) is 5.32 Å². The molecule has 2 N–H and O–H groups in total. The largest absolute Gasteiger partial charge is 0.323 e. The van der Waals surface area contributed by atoms with Gasteiger partial charge in [0.25, 0.3) is 0 Å². The predicted molar refractivity (Wildman–Crippen MR) is 81.3 cm³/mol. The molecule has 0 bridgehead atoms. The highest BCUT2D eigenvalue weighted by Crippen LogP contribution is 2.17. The maximum atomic E-state index is 11.7. The smallest absolute Gasteiger partial charge is 0.314 e. The minimum absolute atomic E-state index is 0.211. The molecule has 0 saturated carbocycles. The van der Waals surface area contributed by atoms with Crippen molar-refractivity contribution in [3.8, 4) is 0 Å². The molecule has 0 aromatic heterocycles. The standard InChI is InChI=1S/C16H24N2O/c1-11(2)13(5)10-17-16(19)18-15-8-6-14(7-9-15)12(3)4/h6-12H,1-5H3,(H2,17,18,19)/b13-10+. The van der Waals surface area contributed by atoms with Crippen LogP contribution in [0.15, 0.2) is 36.0 Å². The molecule has 104 valence electrons. The van der Waals surface area contributed by atoms with Gasteiger partial charge in [-0.3, -0.25) is 0 Å². The summed E-state index contributed by atoms with van der Waals surface area (Å²) in [7, 11) is 0. The van der Waals surface area contributed by atoms with E-state index in [1.807, 2.05) is 31.2 Å². The Morgan fingerprint density at radius 1 is 1.11 bits per heavy atom. The Labute approximate surface area is 116 Å². The molecule has 1 aromatic carbocycles. The monoisotopic (exact) mass is 260 g/mol. The number of rotatable bonds is 4. The van der Waals surface area contributed by atoms with E-state index in [0.29, 0.717) is 11.8 Å². The molecule has 3 heteroatoms. The van der Waals surface area contributed by atoms with Crippen LogP contribution >= 0.6 is 0 Å². The summed E-state index contributed by atoms with van der Waals surface area (Å²) in [5, 5.41) is 5.55. The molecular formula is C16H24N2O. The lowest BCUT2D eigenvalue weighted by Crippen LogP contribution is -2.24. The first kappa shape index (κ1) is 15.3. The molecule has 0 radical (unpaired) electrons. The number of urea groups is 1. The molecule has 0 saturated heterocycles. The van der Waals surface area contributed by atoms with Crippen LogP contribution in [0.2, 0.25) is 0 Å². The first-order valence-corrected chi connectivity index (χ1v) is 6.74. The normalized spacial score (nSPS) is 11.8. The van der Waals surface area contributed by atoms with Gasteiger partial charge in [0.05, 0.1) is 0 Å². The Balaban J connectivity index is 2.55. The van der Waals surface area contributed by atoms with Crippen LogP contribution < -0.4 is 10.6 Å². The molecule has 0 heterocycles. The zero-order valence-corrected chi connectivity index (χ0v) is 12.4. The van der Waals surface area contributed by atoms with E-state index in [1.54, 1.807) is 6.20 Å².